The van der Waals surface area contributed by atoms with Gasteiger partial charge in [-0.25, -0.2) is 0 Å². The Hall–Kier alpha value is -1.02. The van der Waals surface area contributed by atoms with Gasteiger partial charge in [-0.3, -0.25) is 0 Å². The highest BCUT2D eigenvalue weighted by Gasteiger charge is 2.29. The average Bonchev–Trinajstić information content (AvgIpc) is 3.24. The van der Waals surface area contributed by atoms with E-state index in [2.05, 4.69) is 42.3 Å². The largest absolute Gasteiger partial charge is 0.369 e. The summed E-state index contributed by atoms with van der Waals surface area (Å²) in [6, 6.07) is 8.52. The first-order valence-corrected chi connectivity index (χ1v) is 7.37. The topological polar surface area (TPSA) is 15.3 Å². The van der Waals surface area contributed by atoms with Gasteiger partial charge in [0.15, 0.2) is 0 Å². The van der Waals surface area contributed by atoms with E-state index in [1.54, 1.807) is 0 Å². The lowest BCUT2D eigenvalue weighted by Gasteiger charge is -2.26. The number of rotatable bonds is 6. The van der Waals surface area contributed by atoms with Crippen LogP contribution in [0.5, 0.6) is 0 Å². The summed E-state index contributed by atoms with van der Waals surface area (Å²) in [5, 5.41) is 3.65. The van der Waals surface area contributed by atoms with Gasteiger partial charge in [0.25, 0.3) is 0 Å². The molecule has 0 saturated heterocycles. The number of benzene rings is 1. The van der Waals surface area contributed by atoms with E-state index in [9.17, 15) is 0 Å². The van der Waals surface area contributed by atoms with Crippen molar-refractivity contribution in [3.8, 4) is 0 Å². The third kappa shape index (κ3) is 2.69. The molecule has 1 N–H and O–H groups in total. The maximum atomic E-state index is 3.65. The molecule has 0 spiro atoms. The van der Waals surface area contributed by atoms with Crippen molar-refractivity contribution in [3.63, 3.8) is 0 Å². The summed E-state index contributed by atoms with van der Waals surface area (Å²) >= 11 is 0. The fourth-order valence-electron chi connectivity index (χ4n) is 2.69. The van der Waals surface area contributed by atoms with Gasteiger partial charge in [0, 0.05) is 30.9 Å². The molecular weight excluding hydrogens is 220 g/mol. The van der Waals surface area contributed by atoms with Crippen molar-refractivity contribution in [2.24, 2.45) is 0 Å². The van der Waals surface area contributed by atoms with E-state index >= 15 is 0 Å². The minimum absolute atomic E-state index is 0.786. The van der Waals surface area contributed by atoms with E-state index in [0.717, 1.165) is 25.2 Å². The summed E-state index contributed by atoms with van der Waals surface area (Å²) in [6.07, 6.45) is 5.47. The van der Waals surface area contributed by atoms with Crippen LogP contribution in [0.2, 0.25) is 0 Å². The fourth-order valence-corrected chi connectivity index (χ4v) is 2.69. The van der Waals surface area contributed by atoms with Crippen molar-refractivity contribution in [1.29, 1.82) is 0 Å². The second-order valence-corrected chi connectivity index (χ2v) is 5.80. The highest BCUT2D eigenvalue weighted by molar-refractivity contribution is 5.56. The molecule has 18 heavy (non-hydrogen) atoms. The average molecular weight is 244 g/mol. The number of nitrogens with one attached hydrogen (secondary N) is 1. The molecule has 98 valence electrons. The van der Waals surface area contributed by atoms with E-state index in [4.69, 9.17) is 0 Å². The zero-order valence-electron chi connectivity index (χ0n) is 11.6. The first-order chi connectivity index (χ1) is 8.78. The molecule has 0 bridgehead atoms. The summed E-state index contributed by atoms with van der Waals surface area (Å²) in [7, 11) is 0. The van der Waals surface area contributed by atoms with E-state index in [1.165, 1.54) is 42.5 Å². The molecular formula is C16H24N2. The van der Waals surface area contributed by atoms with Gasteiger partial charge >= 0.3 is 0 Å². The molecule has 0 atom stereocenters. The van der Waals surface area contributed by atoms with Gasteiger partial charge in [-0.2, -0.15) is 0 Å². The molecule has 0 aliphatic heterocycles. The van der Waals surface area contributed by atoms with E-state index in [1.807, 2.05) is 0 Å². The monoisotopic (exact) mass is 244 g/mol. The van der Waals surface area contributed by atoms with Crippen LogP contribution in [-0.2, 0) is 6.54 Å². The molecule has 2 nitrogen and oxygen atoms in total. The third-order valence-corrected chi connectivity index (χ3v) is 4.03. The van der Waals surface area contributed by atoms with Crippen molar-refractivity contribution in [3.05, 3.63) is 29.3 Å². The Balaban J connectivity index is 1.80. The van der Waals surface area contributed by atoms with Gasteiger partial charge < -0.3 is 10.2 Å². The van der Waals surface area contributed by atoms with Crippen molar-refractivity contribution in [2.75, 3.05) is 11.4 Å². The molecule has 1 aromatic rings. The Morgan fingerprint density at radius 3 is 2.61 bits per heavy atom. The number of anilines is 1. The molecule has 2 fully saturated rings. The predicted molar refractivity (Wildman–Crippen MR) is 77.1 cm³/mol. The van der Waals surface area contributed by atoms with Crippen LogP contribution in [-0.4, -0.2) is 18.6 Å². The smallest absolute Gasteiger partial charge is 0.0414 e. The lowest BCUT2D eigenvalue weighted by Crippen LogP contribution is -2.27. The SMILES string of the molecule is CCN(c1ccc(C)cc1CNC1CC1)C1CC1. The van der Waals surface area contributed by atoms with Crippen molar-refractivity contribution < 1.29 is 0 Å². The van der Waals surface area contributed by atoms with Crippen LogP contribution in [0.4, 0.5) is 5.69 Å². The van der Waals surface area contributed by atoms with E-state index < -0.39 is 0 Å². The number of hydrogen-bond acceptors (Lipinski definition) is 2. The Bertz CT molecular complexity index is 419. The maximum Gasteiger partial charge on any atom is 0.0414 e. The van der Waals surface area contributed by atoms with Gasteiger partial charge in [-0.05, 0) is 51.2 Å². The van der Waals surface area contributed by atoms with Gasteiger partial charge in [0.2, 0.25) is 0 Å². The molecule has 0 heterocycles. The van der Waals surface area contributed by atoms with Crippen LogP contribution >= 0.6 is 0 Å². The molecule has 0 aromatic heterocycles. The zero-order valence-corrected chi connectivity index (χ0v) is 11.6. The molecule has 0 unspecified atom stereocenters. The highest BCUT2D eigenvalue weighted by atomic mass is 15.2. The molecule has 2 aliphatic carbocycles. The first-order valence-electron chi connectivity index (χ1n) is 7.37. The summed E-state index contributed by atoms with van der Waals surface area (Å²) in [5.74, 6) is 0. The number of aryl methyl sites for hydroxylation is 1. The zero-order chi connectivity index (χ0) is 12.5. The van der Waals surface area contributed by atoms with Crippen molar-refractivity contribution in [1.82, 2.24) is 5.32 Å². The predicted octanol–water partition coefficient (Wildman–Crippen LogP) is 3.24. The summed E-state index contributed by atoms with van der Waals surface area (Å²) in [6.45, 7) is 6.63. The molecule has 2 aliphatic rings. The lowest BCUT2D eigenvalue weighted by molar-refractivity contribution is 0.682. The normalized spacial score (nSPS) is 19.0. The minimum atomic E-state index is 0.786. The summed E-state index contributed by atoms with van der Waals surface area (Å²) in [4.78, 5) is 2.59. The van der Waals surface area contributed by atoms with Crippen LogP contribution in [0, 0.1) is 6.92 Å². The first kappa shape index (κ1) is 12.0. The Labute approximate surface area is 110 Å². The van der Waals surface area contributed by atoms with E-state index in [-0.39, 0.29) is 0 Å². The number of hydrogen-bond donors (Lipinski definition) is 1. The molecule has 0 amide bonds. The molecule has 0 radical (unpaired) electrons. The molecule has 2 heteroatoms. The van der Waals surface area contributed by atoms with Gasteiger partial charge in [0.1, 0.15) is 0 Å². The van der Waals surface area contributed by atoms with E-state index in [0.29, 0.717) is 0 Å². The fraction of sp³-hybridized carbons (Fsp3) is 0.625. The third-order valence-electron chi connectivity index (χ3n) is 4.03. The van der Waals surface area contributed by atoms with Gasteiger partial charge in [0.05, 0.1) is 0 Å². The van der Waals surface area contributed by atoms with Crippen LogP contribution in [0.1, 0.15) is 43.7 Å². The number of nitrogens with zero attached hydrogens (tertiary/aromatic N) is 1. The van der Waals surface area contributed by atoms with Crippen LogP contribution in [0.25, 0.3) is 0 Å². The highest BCUT2D eigenvalue weighted by Crippen LogP contribution is 2.34. The molecule has 1 aromatic carbocycles. The van der Waals surface area contributed by atoms with Crippen LogP contribution < -0.4 is 10.2 Å². The summed E-state index contributed by atoms with van der Waals surface area (Å²) < 4.78 is 0. The lowest BCUT2D eigenvalue weighted by atomic mass is 10.1. The molecule has 3 rings (SSSR count). The van der Waals surface area contributed by atoms with Crippen LogP contribution in [0.3, 0.4) is 0 Å². The molecule has 2 saturated carbocycles. The van der Waals surface area contributed by atoms with Crippen molar-refractivity contribution >= 4 is 5.69 Å². The van der Waals surface area contributed by atoms with Crippen LogP contribution in [0.15, 0.2) is 18.2 Å². The standard InChI is InChI=1S/C16H24N2/c1-3-18(15-7-8-15)16-9-4-12(2)10-13(16)11-17-14-5-6-14/h4,9-10,14-15,17H,3,5-8,11H2,1-2H3. The van der Waals surface area contributed by atoms with Gasteiger partial charge in [-0.15, -0.1) is 0 Å². The second-order valence-electron chi connectivity index (χ2n) is 5.80. The minimum Gasteiger partial charge on any atom is -0.369 e. The quantitative estimate of drug-likeness (QED) is 0.826. The Morgan fingerprint density at radius 2 is 2.00 bits per heavy atom. The summed E-state index contributed by atoms with van der Waals surface area (Å²) in [5.41, 5.74) is 4.31. The van der Waals surface area contributed by atoms with Gasteiger partial charge in [-0.1, -0.05) is 17.7 Å². The second kappa shape index (κ2) is 4.93. The van der Waals surface area contributed by atoms with Crippen molar-refractivity contribution in [2.45, 2.75) is 58.2 Å². The maximum absolute atomic E-state index is 3.65. The Morgan fingerprint density at radius 1 is 1.22 bits per heavy atom. The Kier molecular flexibility index (Phi) is 3.29.